The summed E-state index contributed by atoms with van der Waals surface area (Å²) in [6.45, 7) is 3.01. The van der Waals surface area contributed by atoms with Crippen LogP contribution >= 0.6 is 11.3 Å². The third-order valence-corrected chi connectivity index (χ3v) is 4.45. The van der Waals surface area contributed by atoms with E-state index in [0.29, 0.717) is 6.04 Å². The summed E-state index contributed by atoms with van der Waals surface area (Å²) in [4.78, 5) is 14.3. The van der Waals surface area contributed by atoms with E-state index < -0.39 is 0 Å². The molecule has 1 aliphatic carbocycles. The second-order valence-electron chi connectivity index (χ2n) is 5.05. The monoisotopic (exact) mass is 250 g/mol. The molecule has 92 valence electrons. The minimum atomic E-state index is 0.0728. The van der Waals surface area contributed by atoms with Gasteiger partial charge in [0.15, 0.2) is 0 Å². The van der Waals surface area contributed by atoms with E-state index in [1.165, 1.54) is 18.4 Å². The van der Waals surface area contributed by atoms with Crippen molar-refractivity contribution in [1.29, 1.82) is 0 Å². The molecule has 1 aliphatic heterocycles. The molecule has 2 unspecified atom stereocenters. The van der Waals surface area contributed by atoms with Crippen molar-refractivity contribution in [3.8, 4) is 0 Å². The Labute approximate surface area is 106 Å². The summed E-state index contributed by atoms with van der Waals surface area (Å²) in [5.74, 6) is 0.288. The van der Waals surface area contributed by atoms with Gasteiger partial charge in [-0.25, -0.2) is 0 Å². The molecular formula is C13H18N2OS. The van der Waals surface area contributed by atoms with Crippen LogP contribution in [0.2, 0.25) is 0 Å². The Balaban J connectivity index is 1.66. The van der Waals surface area contributed by atoms with Crippen molar-refractivity contribution < 1.29 is 4.79 Å². The summed E-state index contributed by atoms with van der Waals surface area (Å²) >= 11 is 1.70. The first-order valence-electron chi connectivity index (χ1n) is 6.34. The zero-order valence-corrected chi connectivity index (χ0v) is 10.9. The number of carbonyl (C=O) groups excluding carboxylic acids is 1. The molecule has 0 radical (unpaired) electrons. The van der Waals surface area contributed by atoms with Crippen molar-refractivity contribution in [2.45, 2.75) is 44.3 Å². The highest BCUT2D eigenvalue weighted by Gasteiger charge is 2.37. The van der Waals surface area contributed by atoms with E-state index in [9.17, 15) is 4.79 Å². The number of hydrogen-bond donors (Lipinski definition) is 1. The van der Waals surface area contributed by atoms with E-state index in [-0.39, 0.29) is 18.0 Å². The number of carbonyl (C=O) groups is 1. The maximum Gasteiger partial charge on any atom is 0.240 e. The highest BCUT2D eigenvalue weighted by Crippen LogP contribution is 2.28. The molecule has 2 fully saturated rings. The lowest BCUT2D eigenvalue weighted by molar-refractivity contribution is -0.131. The van der Waals surface area contributed by atoms with Crippen molar-refractivity contribution >= 4 is 17.2 Å². The van der Waals surface area contributed by atoms with Crippen LogP contribution in [0.3, 0.4) is 0 Å². The highest BCUT2D eigenvalue weighted by molar-refractivity contribution is 7.07. The predicted octanol–water partition coefficient (Wildman–Crippen LogP) is 2.16. The molecule has 1 saturated carbocycles. The van der Waals surface area contributed by atoms with Crippen LogP contribution in [-0.4, -0.2) is 29.4 Å². The van der Waals surface area contributed by atoms with Gasteiger partial charge in [-0.3, -0.25) is 4.79 Å². The van der Waals surface area contributed by atoms with Crippen molar-refractivity contribution in [2.75, 3.05) is 6.54 Å². The van der Waals surface area contributed by atoms with Gasteiger partial charge in [-0.05, 0) is 48.6 Å². The minimum Gasteiger partial charge on any atom is -0.334 e. The third kappa shape index (κ3) is 2.24. The summed E-state index contributed by atoms with van der Waals surface area (Å²) in [7, 11) is 0. The zero-order valence-electron chi connectivity index (χ0n) is 10.1. The molecule has 4 heteroatoms. The maximum absolute atomic E-state index is 12.3. The van der Waals surface area contributed by atoms with Crippen molar-refractivity contribution in [3.05, 3.63) is 22.4 Å². The molecule has 3 rings (SSSR count). The van der Waals surface area contributed by atoms with Gasteiger partial charge in [0.1, 0.15) is 0 Å². The number of hydrogen-bond acceptors (Lipinski definition) is 3. The smallest absolute Gasteiger partial charge is 0.240 e. The largest absolute Gasteiger partial charge is 0.334 e. The van der Waals surface area contributed by atoms with E-state index in [0.717, 1.165) is 13.0 Å². The van der Waals surface area contributed by atoms with E-state index in [4.69, 9.17) is 0 Å². The van der Waals surface area contributed by atoms with Gasteiger partial charge in [0.2, 0.25) is 5.91 Å². The topological polar surface area (TPSA) is 32.3 Å². The molecule has 1 aromatic heterocycles. The van der Waals surface area contributed by atoms with Gasteiger partial charge in [-0.1, -0.05) is 0 Å². The van der Waals surface area contributed by atoms with Gasteiger partial charge in [-0.15, -0.1) is 0 Å². The van der Waals surface area contributed by atoms with E-state index in [1.807, 2.05) is 4.90 Å². The molecule has 17 heavy (non-hydrogen) atoms. The second kappa shape index (κ2) is 4.42. The molecule has 1 aromatic rings. The van der Waals surface area contributed by atoms with Crippen LogP contribution in [0.15, 0.2) is 16.8 Å². The Morgan fingerprint density at radius 2 is 2.29 bits per heavy atom. The lowest BCUT2D eigenvalue weighted by atomic mass is 10.1. The maximum atomic E-state index is 12.3. The molecule has 0 spiro atoms. The fourth-order valence-corrected chi connectivity index (χ4v) is 3.22. The molecule has 0 bridgehead atoms. The molecule has 2 heterocycles. The molecule has 2 atom stereocenters. The zero-order chi connectivity index (χ0) is 11.8. The highest BCUT2D eigenvalue weighted by atomic mass is 32.1. The van der Waals surface area contributed by atoms with Crippen LogP contribution in [0.25, 0.3) is 0 Å². The molecule has 3 nitrogen and oxygen atoms in total. The second-order valence-corrected chi connectivity index (χ2v) is 5.83. The normalized spacial score (nSPS) is 26.5. The summed E-state index contributed by atoms with van der Waals surface area (Å²) in [5, 5.41) is 7.66. The van der Waals surface area contributed by atoms with Gasteiger partial charge in [-0.2, -0.15) is 11.3 Å². The number of amides is 1. The summed E-state index contributed by atoms with van der Waals surface area (Å²) in [6, 6.07) is 3.02. The molecule has 1 saturated heterocycles. The first-order valence-corrected chi connectivity index (χ1v) is 7.28. The van der Waals surface area contributed by atoms with Crippen molar-refractivity contribution in [2.24, 2.45) is 0 Å². The van der Waals surface area contributed by atoms with E-state index in [1.54, 1.807) is 11.3 Å². The Hall–Kier alpha value is -0.870. The number of likely N-dealkylation sites (tertiary alicyclic amines) is 1. The van der Waals surface area contributed by atoms with Gasteiger partial charge in [0.05, 0.1) is 12.1 Å². The van der Waals surface area contributed by atoms with Crippen LogP contribution in [0.5, 0.6) is 0 Å². The average molecular weight is 250 g/mol. The lowest BCUT2D eigenvalue weighted by Crippen LogP contribution is -2.40. The Kier molecular flexibility index (Phi) is 2.92. The fraction of sp³-hybridized carbons (Fsp3) is 0.615. The molecular weight excluding hydrogens is 232 g/mol. The van der Waals surface area contributed by atoms with Crippen LogP contribution in [0, 0.1) is 0 Å². The summed E-state index contributed by atoms with van der Waals surface area (Å²) in [5.41, 5.74) is 1.26. The first-order chi connectivity index (χ1) is 8.25. The van der Waals surface area contributed by atoms with E-state index in [2.05, 4.69) is 29.1 Å². The number of thiophene rings is 1. The molecule has 0 aromatic carbocycles. The van der Waals surface area contributed by atoms with Gasteiger partial charge in [0, 0.05) is 12.6 Å². The summed E-state index contributed by atoms with van der Waals surface area (Å²) in [6.07, 6.45) is 3.44. The van der Waals surface area contributed by atoms with E-state index >= 15 is 0 Å². The van der Waals surface area contributed by atoms with Crippen LogP contribution in [0.4, 0.5) is 0 Å². The quantitative estimate of drug-likeness (QED) is 0.888. The number of nitrogens with zero attached hydrogens (tertiary/aromatic N) is 1. The molecule has 1 N–H and O–H groups in total. The van der Waals surface area contributed by atoms with Gasteiger partial charge >= 0.3 is 0 Å². The van der Waals surface area contributed by atoms with Crippen LogP contribution in [-0.2, 0) is 4.79 Å². The predicted molar refractivity (Wildman–Crippen MR) is 69.0 cm³/mol. The van der Waals surface area contributed by atoms with Crippen LogP contribution in [0.1, 0.15) is 37.8 Å². The standard InChI is InChI=1S/C13H18N2OS/c1-9(10-5-7-17-8-10)15-6-4-12(13(15)16)14-11-2-3-11/h5,7-9,11-12,14H,2-4,6H2,1H3. The molecule has 1 amide bonds. The number of rotatable bonds is 4. The lowest BCUT2D eigenvalue weighted by Gasteiger charge is -2.24. The minimum absolute atomic E-state index is 0.0728. The fourth-order valence-electron chi connectivity index (χ4n) is 2.47. The SMILES string of the molecule is CC(c1ccsc1)N1CCC(NC2CC2)C1=O. The van der Waals surface area contributed by atoms with Crippen molar-refractivity contribution in [1.82, 2.24) is 10.2 Å². The first kappa shape index (κ1) is 11.2. The van der Waals surface area contributed by atoms with Gasteiger partial charge in [0.25, 0.3) is 0 Å². The Morgan fingerprint density at radius 1 is 1.47 bits per heavy atom. The summed E-state index contributed by atoms with van der Waals surface area (Å²) < 4.78 is 0. The number of nitrogens with one attached hydrogen (secondary N) is 1. The third-order valence-electron chi connectivity index (χ3n) is 3.75. The van der Waals surface area contributed by atoms with Crippen LogP contribution < -0.4 is 5.32 Å². The average Bonchev–Trinajstić information content (AvgIpc) is 2.85. The molecule has 2 aliphatic rings. The van der Waals surface area contributed by atoms with Gasteiger partial charge < -0.3 is 10.2 Å². The Morgan fingerprint density at radius 3 is 2.94 bits per heavy atom. The van der Waals surface area contributed by atoms with Crippen molar-refractivity contribution in [3.63, 3.8) is 0 Å². The Bertz CT molecular complexity index is 400.